The molecule has 0 spiro atoms. The molecule has 0 radical (unpaired) electrons. The Morgan fingerprint density at radius 1 is 1.17 bits per heavy atom. The molecule has 0 bridgehead atoms. The third kappa shape index (κ3) is 2.99. The Hall–Kier alpha value is -1.61. The van der Waals surface area contributed by atoms with E-state index in [1.807, 2.05) is 34.9 Å². The lowest BCUT2D eigenvalue weighted by molar-refractivity contribution is 0.525. The molecule has 1 heterocycles. The smallest absolute Gasteiger partial charge is 0.251 e. The average molecular weight is 244 g/mol. The predicted molar refractivity (Wildman–Crippen MR) is 75.9 cm³/mol. The van der Waals surface area contributed by atoms with Crippen LogP contribution < -0.4 is 10.9 Å². The maximum absolute atomic E-state index is 11.9. The third-order valence-electron chi connectivity index (χ3n) is 2.96. The molecule has 0 saturated carbocycles. The second kappa shape index (κ2) is 5.83. The summed E-state index contributed by atoms with van der Waals surface area (Å²) in [5.74, 6) is 0.634. The Balaban J connectivity index is 2.16. The molecule has 3 heteroatoms. The van der Waals surface area contributed by atoms with Crippen molar-refractivity contribution >= 4 is 10.9 Å². The number of hydrogen-bond donors (Lipinski definition) is 1. The van der Waals surface area contributed by atoms with Crippen molar-refractivity contribution in [2.45, 2.75) is 20.4 Å². The number of aromatic nitrogens is 1. The van der Waals surface area contributed by atoms with E-state index in [0.717, 1.165) is 24.0 Å². The van der Waals surface area contributed by atoms with Gasteiger partial charge in [0.25, 0.3) is 5.56 Å². The van der Waals surface area contributed by atoms with Crippen LogP contribution >= 0.6 is 0 Å². The van der Waals surface area contributed by atoms with Crippen molar-refractivity contribution in [1.82, 2.24) is 9.88 Å². The van der Waals surface area contributed by atoms with Crippen molar-refractivity contribution in [2.75, 3.05) is 13.1 Å². The topological polar surface area (TPSA) is 34.0 Å². The Bertz CT molecular complexity index is 572. The van der Waals surface area contributed by atoms with E-state index in [1.54, 1.807) is 6.07 Å². The highest BCUT2D eigenvalue weighted by Gasteiger charge is 2.02. The molecule has 0 aliphatic heterocycles. The van der Waals surface area contributed by atoms with E-state index in [9.17, 15) is 4.79 Å². The zero-order chi connectivity index (χ0) is 13.0. The van der Waals surface area contributed by atoms with Crippen LogP contribution in [0.1, 0.15) is 13.8 Å². The summed E-state index contributed by atoms with van der Waals surface area (Å²) in [6, 6.07) is 11.5. The first-order chi connectivity index (χ1) is 8.68. The zero-order valence-corrected chi connectivity index (χ0v) is 11.0. The van der Waals surface area contributed by atoms with Crippen LogP contribution in [0.3, 0.4) is 0 Å². The van der Waals surface area contributed by atoms with Crippen LogP contribution in [-0.4, -0.2) is 17.7 Å². The maximum atomic E-state index is 11.9. The van der Waals surface area contributed by atoms with Crippen LogP contribution in [0.4, 0.5) is 0 Å². The van der Waals surface area contributed by atoms with Crippen LogP contribution in [-0.2, 0) is 6.54 Å². The first-order valence-corrected chi connectivity index (χ1v) is 6.48. The number of nitrogens with zero attached hydrogens (tertiary/aromatic N) is 1. The van der Waals surface area contributed by atoms with Gasteiger partial charge in [-0.1, -0.05) is 32.0 Å². The van der Waals surface area contributed by atoms with Gasteiger partial charge in [-0.2, -0.15) is 0 Å². The standard InChI is InChI=1S/C15H20N2O/c1-12(2)11-16-9-10-17-14-6-4-3-5-13(14)7-8-15(17)18/h3-8,12,16H,9-11H2,1-2H3. The van der Waals surface area contributed by atoms with Crippen LogP contribution in [0.5, 0.6) is 0 Å². The lowest BCUT2D eigenvalue weighted by Crippen LogP contribution is -2.28. The molecular formula is C15H20N2O. The van der Waals surface area contributed by atoms with E-state index in [-0.39, 0.29) is 5.56 Å². The van der Waals surface area contributed by atoms with Crippen molar-refractivity contribution in [3.8, 4) is 0 Å². The molecule has 1 aromatic carbocycles. The van der Waals surface area contributed by atoms with Gasteiger partial charge in [-0.3, -0.25) is 4.79 Å². The summed E-state index contributed by atoms with van der Waals surface area (Å²) >= 11 is 0. The molecule has 2 aromatic rings. The maximum Gasteiger partial charge on any atom is 0.251 e. The third-order valence-corrected chi connectivity index (χ3v) is 2.96. The van der Waals surface area contributed by atoms with Crippen molar-refractivity contribution < 1.29 is 0 Å². The number of benzene rings is 1. The van der Waals surface area contributed by atoms with Gasteiger partial charge < -0.3 is 9.88 Å². The normalized spacial score (nSPS) is 11.3. The molecule has 0 aliphatic rings. The van der Waals surface area contributed by atoms with E-state index in [1.165, 1.54) is 0 Å². The molecule has 0 amide bonds. The summed E-state index contributed by atoms with van der Waals surface area (Å²) in [5.41, 5.74) is 1.08. The Kier molecular flexibility index (Phi) is 4.15. The molecule has 0 atom stereocenters. The molecule has 0 fully saturated rings. The molecule has 0 unspecified atom stereocenters. The number of rotatable bonds is 5. The number of para-hydroxylation sites is 1. The Morgan fingerprint density at radius 3 is 2.72 bits per heavy atom. The van der Waals surface area contributed by atoms with E-state index in [0.29, 0.717) is 12.5 Å². The minimum absolute atomic E-state index is 0.0695. The SMILES string of the molecule is CC(C)CNCCn1c(=O)ccc2ccccc21. The summed E-state index contributed by atoms with van der Waals surface area (Å²) in [5, 5.41) is 4.48. The van der Waals surface area contributed by atoms with Gasteiger partial charge in [0.2, 0.25) is 0 Å². The molecule has 1 aromatic heterocycles. The van der Waals surface area contributed by atoms with Crippen LogP contribution in [0, 0.1) is 5.92 Å². The summed E-state index contributed by atoms with van der Waals surface area (Å²) in [4.78, 5) is 11.9. The summed E-state index contributed by atoms with van der Waals surface area (Å²) in [6.45, 7) is 6.88. The van der Waals surface area contributed by atoms with Gasteiger partial charge in [0.15, 0.2) is 0 Å². The summed E-state index contributed by atoms with van der Waals surface area (Å²) in [7, 11) is 0. The molecule has 1 N–H and O–H groups in total. The molecule has 0 aliphatic carbocycles. The minimum atomic E-state index is 0.0695. The molecule has 0 saturated heterocycles. The van der Waals surface area contributed by atoms with Gasteiger partial charge in [-0.05, 0) is 30.0 Å². The van der Waals surface area contributed by atoms with Crippen molar-refractivity contribution in [2.24, 2.45) is 5.92 Å². The average Bonchev–Trinajstić information content (AvgIpc) is 2.36. The van der Waals surface area contributed by atoms with Gasteiger partial charge in [0.1, 0.15) is 0 Å². The second-order valence-electron chi connectivity index (χ2n) is 4.98. The zero-order valence-electron chi connectivity index (χ0n) is 11.0. The van der Waals surface area contributed by atoms with Crippen LogP contribution in [0.15, 0.2) is 41.2 Å². The second-order valence-corrected chi connectivity index (χ2v) is 4.98. The van der Waals surface area contributed by atoms with E-state index in [2.05, 4.69) is 19.2 Å². The first-order valence-electron chi connectivity index (χ1n) is 6.48. The van der Waals surface area contributed by atoms with Crippen molar-refractivity contribution in [1.29, 1.82) is 0 Å². The lowest BCUT2D eigenvalue weighted by atomic mass is 10.2. The van der Waals surface area contributed by atoms with E-state index in [4.69, 9.17) is 0 Å². The van der Waals surface area contributed by atoms with Gasteiger partial charge in [-0.25, -0.2) is 0 Å². The molecular weight excluding hydrogens is 224 g/mol. The molecule has 96 valence electrons. The fourth-order valence-electron chi connectivity index (χ4n) is 2.06. The largest absolute Gasteiger partial charge is 0.315 e. The Morgan fingerprint density at radius 2 is 1.94 bits per heavy atom. The number of fused-ring (bicyclic) bond motifs is 1. The monoisotopic (exact) mass is 244 g/mol. The highest BCUT2D eigenvalue weighted by atomic mass is 16.1. The molecule has 3 nitrogen and oxygen atoms in total. The number of pyridine rings is 1. The summed E-state index contributed by atoms with van der Waals surface area (Å²) in [6.07, 6.45) is 0. The van der Waals surface area contributed by atoms with Gasteiger partial charge in [-0.15, -0.1) is 0 Å². The molecule has 2 rings (SSSR count). The van der Waals surface area contributed by atoms with E-state index < -0.39 is 0 Å². The van der Waals surface area contributed by atoms with Crippen molar-refractivity contribution in [3.63, 3.8) is 0 Å². The first kappa shape index (κ1) is 12.8. The van der Waals surface area contributed by atoms with Crippen LogP contribution in [0.25, 0.3) is 10.9 Å². The fourth-order valence-corrected chi connectivity index (χ4v) is 2.06. The van der Waals surface area contributed by atoms with Gasteiger partial charge >= 0.3 is 0 Å². The van der Waals surface area contributed by atoms with Gasteiger partial charge in [0, 0.05) is 19.2 Å². The van der Waals surface area contributed by atoms with Crippen LogP contribution in [0.2, 0.25) is 0 Å². The number of nitrogens with one attached hydrogen (secondary N) is 1. The predicted octanol–water partition coefficient (Wildman–Crippen LogP) is 2.25. The molecule has 18 heavy (non-hydrogen) atoms. The fraction of sp³-hybridized carbons (Fsp3) is 0.400. The highest BCUT2D eigenvalue weighted by Crippen LogP contribution is 2.10. The summed E-state index contributed by atoms with van der Waals surface area (Å²) < 4.78 is 1.84. The van der Waals surface area contributed by atoms with E-state index >= 15 is 0 Å². The highest BCUT2D eigenvalue weighted by molar-refractivity contribution is 5.78. The van der Waals surface area contributed by atoms with Crippen molar-refractivity contribution in [3.05, 3.63) is 46.8 Å². The Labute approximate surface area is 107 Å². The van der Waals surface area contributed by atoms with Gasteiger partial charge in [0.05, 0.1) is 5.52 Å². The minimum Gasteiger partial charge on any atom is -0.315 e. The lowest BCUT2D eigenvalue weighted by Gasteiger charge is -2.11. The number of hydrogen-bond acceptors (Lipinski definition) is 2. The quantitative estimate of drug-likeness (QED) is 0.818.